The molecule has 0 aliphatic heterocycles. The molecule has 4 aromatic carbocycles. The Morgan fingerprint density at radius 3 is 2.04 bits per heavy atom. The molecule has 0 fully saturated rings. The van der Waals surface area contributed by atoms with Gasteiger partial charge >= 0.3 is 18.0 Å². The molecular formula is C42H40Cl2N2O8. The lowest BCUT2D eigenvalue weighted by Crippen LogP contribution is -2.35. The van der Waals surface area contributed by atoms with Gasteiger partial charge in [-0.25, -0.2) is 14.4 Å². The van der Waals surface area contributed by atoms with E-state index < -0.39 is 35.8 Å². The van der Waals surface area contributed by atoms with Crippen LogP contribution in [-0.2, 0) is 27.2 Å². The van der Waals surface area contributed by atoms with Crippen LogP contribution in [0.1, 0.15) is 81.5 Å². The molecule has 0 saturated carbocycles. The molecule has 1 aromatic heterocycles. The molecule has 5 aromatic rings. The van der Waals surface area contributed by atoms with Gasteiger partial charge < -0.3 is 29.0 Å². The van der Waals surface area contributed by atoms with E-state index in [1.807, 2.05) is 36.4 Å². The number of carbonyl (C=O) groups excluding carboxylic acids is 3. The molecule has 0 aliphatic carbocycles. The highest BCUT2D eigenvalue weighted by molar-refractivity contribution is 6.35. The summed E-state index contributed by atoms with van der Waals surface area (Å²) in [4.78, 5) is 43.4. The summed E-state index contributed by atoms with van der Waals surface area (Å²) < 4.78 is 28.0. The molecule has 10 nitrogen and oxygen atoms in total. The molecule has 12 heteroatoms. The standard InChI is InChI=1S/C42H40Cl2N2O8/c1-42(2,3)54-41(49)46-38(27-10-7-6-8-11-27)30-12-9-13-31(20-30)39(47)52-25-26-14-16-28(17-15-26)40(48)53-36(22-32-33(43)23-45-24-34(32)44)29-18-19-35(50-4)37(21-29)51-5/h6-21,23-24,36,38H,22,25H2,1-5H3,(H,46,49)/t36-,38-/m0/s1. The Bertz CT molecular complexity index is 2060. The molecule has 2 atom stereocenters. The van der Waals surface area contributed by atoms with Gasteiger partial charge in [-0.3, -0.25) is 4.98 Å². The van der Waals surface area contributed by atoms with Crippen LogP contribution in [0.3, 0.4) is 0 Å². The first-order chi connectivity index (χ1) is 25.8. The van der Waals surface area contributed by atoms with Crippen molar-refractivity contribution in [2.24, 2.45) is 0 Å². The minimum Gasteiger partial charge on any atom is -0.493 e. The first kappa shape index (κ1) is 39.6. The van der Waals surface area contributed by atoms with E-state index in [0.717, 1.165) is 5.56 Å². The molecule has 1 heterocycles. The minimum atomic E-state index is -0.799. The summed E-state index contributed by atoms with van der Waals surface area (Å²) in [6.45, 7) is 5.31. The number of benzene rings is 4. The van der Waals surface area contributed by atoms with Gasteiger partial charge in [-0.05, 0) is 85.0 Å². The quantitative estimate of drug-likeness (QED) is 0.0921. The van der Waals surface area contributed by atoms with Crippen molar-refractivity contribution in [2.75, 3.05) is 14.2 Å². The third-order valence-corrected chi connectivity index (χ3v) is 8.83. The summed E-state index contributed by atoms with van der Waals surface area (Å²) in [5.74, 6) is -0.177. The fourth-order valence-corrected chi connectivity index (χ4v) is 6.06. The van der Waals surface area contributed by atoms with Gasteiger partial charge in [0.2, 0.25) is 0 Å². The summed E-state index contributed by atoms with van der Waals surface area (Å²) in [6.07, 6.45) is 1.73. The van der Waals surface area contributed by atoms with E-state index in [0.29, 0.717) is 49.4 Å². The molecule has 0 aliphatic rings. The van der Waals surface area contributed by atoms with Crippen LogP contribution in [0.2, 0.25) is 10.0 Å². The van der Waals surface area contributed by atoms with Gasteiger partial charge in [-0.1, -0.05) is 83.9 Å². The summed E-state index contributed by atoms with van der Waals surface area (Å²) >= 11 is 12.9. The van der Waals surface area contributed by atoms with Crippen LogP contribution in [-0.4, -0.2) is 42.8 Å². The highest BCUT2D eigenvalue weighted by atomic mass is 35.5. The van der Waals surface area contributed by atoms with Crippen LogP contribution < -0.4 is 14.8 Å². The van der Waals surface area contributed by atoms with Crippen LogP contribution in [0.25, 0.3) is 0 Å². The number of amides is 1. The second-order valence-corrected chi connectivity index (χ2v) is 14.0. The third-order valence-electron chi connectivity index (χ3n) is 8.18. The van der Waals surface area contributed by atoms with Crippen molar-refractivity contribution >= 4 is 41.2 Å². The van der Waals surface area contributed by atoms with E-state index in [4.69, 9.17) is 46.9 Å². The van der Waals surface area contributed by atoms with Gasteiger partial charge in [-0.2, -0.15) is 0 Å². The van der Waals surface area contributed by atoms with Crippen LogP contribution in [0.5, 0.6) is 11.5 Å². The number of nitrogens with zero attached hydrogens (tertiary/aromatic N) is 1. The maximum Gasteiger partial charge on any atom is 0.408 e. The Morgan fingerprint density at radius 1 is 0.722 bits per heavy atom. The number of nitrogens with one attached hydrogen (secondary N) is 1. The Hall–Kier alpha value is -5.58. The van der Waals surface area contributed by atoms with Gasteiger partial charge in [0.1, 0.15) is 18.3 Å². The van der Waals surface area contributed by atoms with Crippen molar-refractivity contribution in [2.45, 2.75) is 51.5 Å². The highest BCUT2D eigenvalue weighted by Gasteiger charge is 2.25. The fourth-order valence-electron chi connectivity index (χ4n) is 5.54. The van der Waals surface area contributed by atoms with Crippen molar-refractivity contribution in [1.29, 1.82) is 0 Å². The molecular weight excluding hydrogens is 731 g/mol. The number of hydrogen-bond acceptors (Lipinski definition) is 9. The molecule has 0 spiro atoms. The smallest absolute Gasteiger partial charge is 0.408 e. The summed E-state index contributed by atoms with van der Waals surface area (Å²) in [6, 6.07) is 27.4. The average molecular weight is 772 g/mol. The minimum absolute atomic E-state index is 0.0516. The Kier molecular flexibility index (Phi) is 13.2. The van der Waals surface area contributed by atoms with E-state index in [9.17, 15) is 14.4 Å². The molecule has 1 N–H and O–H groups in total. The predicted molar refractivity (Wildman–Crippen MR) is 205 cm³/mol. The largest absolute Gasteiger partial charge is 0.493 e. The molecule has 0 bridgehead atoms. The van der Waals surface area contributed by atoms with Gasteiger partial charge in [0.05, 0.1) is 41.4 Å². The predicted octanol–water partition coefficient (Wildman–Crippen LogP) is 9.52. The van der Waals surface area contributed by atoms with Gasteiger partial charge in [0.15, 0.2) is 11.5 Å². The Labute approximate surface area is 324 Å². The number of halogens is 2. The lowest BCUT2D eigenvalue weighted by molar-refractivity contribution is 0.0295. The monoisotopic (exact) mass is 770 g/mol. The van der Waals surface area contributed by atoms with Gasteiger partial charge in [0.25, 0.3) is 0 Å². The van der Waals surface area contributed by atoms with Crippen molar-refractivity contribution in [1.82, 2.24) is 10.3 Å². The first-order valence-electron chi connectivity index (χ1n) is 17.0. The normalized spacial score (nSPS) is 12.2. The second-order valence-electron chi connectivity index (χ2n) is 13.2. The number of esters is 2. The number of aromatic nitrogens is 1. The Morgan fingerprint density at radius 2 is 1.39 bits per heavy atom. The second kappa shape index (κ2) is 18.0. The number of pyridine rings is 1. The number of alkyl carbamates (subject to hydrolysis) is 1. The number of rotatable bonds is 13. The van der Waals surface area contributed by atoms with E-state index in [2.05, 4.69) is 10.3 Å². The maximum atomic E-state index is 13.5. The molecule has 1 amide bonds. The molecule has 0 unspecified atom stereocenters. The van der Waals surface area contributed by atoms with Crippen LogP contribution in [0.15, 0.2) is 109 Å². The third kappa shape index (κ3) is 10.5. The molecule has 5 rings (SSSR count). The maximum absolute atomic E-state index is 13.5. The van der Waals surface area contributed by atoms with E-state index >= 15 is 0 Å². The molecule has 0 radical (unpaired) electrons. The first-order valence-corrected chi connectivity index (χ1v) is 17.7. The zero-order valence-electron chi connectivity index (χ0n) is 30.4. The van der Waals surface area contributed by atoms with Crippen molar-refractivity contribution < 1.29 is 38.1 Å². The highest BCUT2D eigenvalue weighted by Crippen LogP contribution is 2.35. The lowest BCUT2D eigenvalue weighted by atomic mass is 9.97. The van der Waals surface area contributed by atoms with Gasteiger partial charge in [-0.15, -0.1) is 0 Å². The van der Waals surface area contributed by atoms with Crippen LogP contribution in [0.4, 0.5) is 4.79 Å². The van der Waals surface area contributed by atoms with E-state index in [1.165, 1.54) is 26.6 Å². The zero-order chi connectivity index (χ0) is 38.8. The van der Waals surface area contributed by atoms with Crippen LogP contribution >= 0.6 is 23.2 Å². The topological polar surface area (TPSA) is 122 Å². The van der Waals surface area contributed by atoms with E-state index in [1.54, 1.807) is 81.4 Å². The van der Waals surface area contributed by atoms with Crippen molar-refractivity contribution in [3.05, 3.63) is 158 Å². The summed E-state index contributed by atoms with van der Waals surface area (Å²) in [5, 5.41) is 3.59. The van der Waals surface area contributed by atoms with Crippen LogP contribution in [0, 0.1) is 0 Å². The number of hydrogen-bond donors (Lipinski definition) is 1. The molecule has 54 heavy (non-hydrogen) atoms. The zero-order valence-corrected chi connectivity index (χ0v) is 31.9. The van der Waals surface area contributed by atoms with E-state index in [-0.39, 0.29) is 18.6 Å². The molecule has 0 saturated heterocycles. The summed E-state index contributed by atoms with van der Waals surface area (Å²) in [5.41, 5.74) is 3.23. The summed E-state index contributed by atoms with van der Waals surface area (Å²) in [7, 11) is 3.05. The number of methoxy groups -OCH3 is 2. The Balaban J connectivity index is 1.28. The molecule has 280 valence electrons. The van der Waals surface area contributed by atoms with Crippen molar-refractivity contribution in [3.63, 3.8) is 0 Å². The fraction of sp³-hybridized carbons (Fsp3) is 0.238. The lowest BCUT2D eigenvalue weighted by Gasteiger charge is -2.24. The number of ether oxygens (including phenoxy) is 5. The van der Waals surface area contributed by atoms with Crippen molar-refractivity contribution in [3.8, 4) is 11.5 Å². The SMILES string of the molecule is COc1ccc([C@H](Cc2c(Cl)cncc2Cl)OC(=O)c2ccc(COC(=O)c3cccc([C@@H](NC(=O)OC(C)(C)C)c4ccccc4)c3)cc2)cc1OC. The van der Waals surface area contributed by atoms with Gasteiger partial charge in [0, 0.05) is 18.8 Å². The number of carbonyl (C=O) groups is 3. The average Bonchev–Trinajstić information content (AvgIpc) is 3.16.